The Labute approximate surface area is 108 Å². The molecule has 0 radical (unpaired) electrons. The van der Waals surface area contributed by atoms with E-state index in [-0.39, 0.29) is 11.6 Å². The third-order valence-corrected chi connectivity index (χ3v) is 3.78. The fourth-order valence-electron chi connectivity index (χ4n) is 2.55. The Kier molecular flexibility index (Phi) is 4.37. The summed E-state index contributed by atoms with van der Waals surface area (Å²) in [6, 6.07) is -0.142. The number of hydrogen-bond acceptors (Lipinski definition) is 4. The van der Waals surface area contributed by atoms with Crippen molar-refractivity contribution in [3.05, 3.63) is 18.0 Å². The van der Waals surface area contributed by atoms with Gasteiger partial charge in [-0.15, -0.1) is 0 Å². The number of nitrogens with zero attached hydrogens (tertiary/aromatic N) is 2. The van der Waals surface area contributed by atoms with Crippen LogP contribution in [0.2, 0.25) is 0 Å². The van der Waals surface area contributed by atoms with Crippen molar-refractivity contribution in [2.75, 3.05) is 20.3 Å². The van der Waals surface area contributed by atoms with Crippen molar-refractivity contribution >= 4 is 0 Å². The first kappa shape index (κ1) is 13.5. The minimum Gasteiger partial charge on any atom is -0.381 e. The Bertz CT molecular complexity index is 372. The zero-order valence-corrected chi connectivity index (χ0v) is 11.3. The van der Waals surface area contributed by atoms with Gasteiger partial charge >= 0.3 is 0 Å². The van der Waals surface area contributed by atoms with Crippen LogP contribution >= 0.6 is 0 Å². The SMILES string of the molecule is CCCn1cc(C(N)C2(OC)CCOCC2)cn1. The summed E-state index contributed by atoms with van der Waals surface area (Å²) in [5.41, 5.74) is 7.13. The van der Waals surface area contributed by atoms with E-state index in [1.54, 1.807) is 7.11 Å². The summed E-state index contributed by atoms with van der Waals surface area (Å²) >= 11 is 0. The predicted molar refractivity (Wildman–Crippen MR) is 69.2 cm³/mol. The first-order chi connectivity index (χ1) is 8.72. The Morgan fingerprint density at radius 3 is 2.89 bits per heavy atom. The second kappa shape index (κ2) is 5.82. The molecule has 2 N–H and O–H groups in total. The number of aryl methyl sites for hydroxylation is 1. The molecule has 0 spiro atoms. The topological polar surface area (TPSA) is 62.3 Å². The number of rotatable bonds is 5. The van der Waals surface area contributed by atoms with Crippen molar-refractivity contribution in [1.29, 1.82) is 0 Å². The van der Waals surface area contributed by atoms with Gasteiger partial charge in [-0.25, -0.2) is 0 Å². The second-order valence-electron chi connectivity index (χ2n) is 4.90. The van der Waals surface area contributed by atoms with Gasteiger partial charge in [0.05, 0.1) is 17.8 Å². The van der Waals surface area contributed by atoms with Crippen LogP contribution in [0.3, 0.4) is 0 Å². The van der Waals surface area contributed by atoms with Crippen molar-refractivity contribution < 1.29 is 9.47 Å². The molecular formula is C13H23N3O2. The second-order valence-corrected chi connectivity index (χ2v) is 4.90. The van der Waals surface area contributed by atoms with Crippen molar-refractivity contribution in [2.45, 2.75) is 44.4 Å². The van der Waals surface area contributed by atoms with E-state index < -0.39 is 0 Å². The summed E-state index contributed by atoms with van der Waals surface area (Å²) in [6.45, 7) is 4.49. The maximum Gasteiger partial charge on any atom is 0.0915 e. The molecule has 18 heavy (non-hydrogen) atoms. The highest BCUT2D eigenvalue weighted by Crippen LogP contribution is 2.35. The zero-order chi connectivity index (χ0) is 13.0. The van der Waals surface area contributed by atoms with Crippen molar-refractivity contribution in [3.63, 3.8) is 0 Å². The Morgan fingerprint density at radius 2 is 2.28 bits per heavy atom. The van der Waals surface area contributed by atoms with Crippen LogP contribution in [-0.4, -0.2) is 35.7 Å². The number of methoxy groups -OCH3 is 1. The molecular weight excluding hydrogens is 230 g/mol. The van der Waals surface area contributed by atoms with Crippen molar-refractivity contribution in [2.24, 2.45) is 5.73 Å². The molecule has 5 nitrogen and oxygen atoms in total. The zero-order valence-electron chi connectivity index (χ0n) is 11.3. The summed E-state index contributed by atoms with van der Waals surface area (Å²) in [5.74, 6) is 0. The highest BCUT2D eigenvalue weighted by molar-refractivity contribution is 5.16. The van der Waals surface area contributed by atoms with Gasteiger partial charge in [0.25, 0.3) is 0 Å². The minimum absolute atomic E-state index is 0.142. The molecule has 0 aromatic carbocycles. The van der Waals surface area contributed by atoms with Crippen LogP contribution in [0.1, 0.15) is 37.8 Å². The molecule has 0 amide bonds. The van der Waals surface area contributed by atoms with Gasteiger partial charge < -0.3 is 15.2 Å². The van der Waals surface area contributed by atoms with Gasteiger partial charge in [-0.3, -0.25) is 4.68 Å². The molecule has 1 atom stereocenters. The average Bonchev–Trinajstić information content (AvgIpc) is 2.87. The van der Waals surface area contributed by atoms with Gasteiger partial charge in [-0.2, -0.15) is 5.10 Å². The number of aromatic nitrogens is 2. The molecule has 1 fully saturated rings. The average molecular weight is 253 g/mol. The predicted octanol–water partition coefficient (Wildman–Crippen LogP) is 1.49. The summed E-state index contributed by atoms with van der Waals surface area (Å²) < 4.78 is 13.1. The summed E-state index contributed by atoms with van der Waals surface area (Å²) in [6.07, 6.45) is 6.63. The number of hydrogen-bond donors (Lipinski definition) is 1. The Hall–Kier alpha value is -0.910. The summed E-state index contributed by atoms with van der Waals surface area (Å²) in [5, 5.41) is 4.34. The molecule has 102 valence electrons. The molecule has 1 unspecified atom stereocenters. The van der Waals surface area contributed by atoms with Crippen molar-refractivity contribution in [3.8, 4) is 0 Å². The van der Waals surface area contributed by atoms with Gasteiger partial charge in [0.1, 0.15) is 0 Å². The Balaban J connectivity index is 2.14. The fraction of sp³-hybridized carbons (Fsp3) is 0.769. The molecule has 0 saturated carbocycles. The highest BCUT2D eigenvalue weighted by Gasteiger charge is 2.39. The van der Waals surface area contributed by atoms with E-state index in [9.17, 15) is 0 Å². The van der Waals surface area contributed by atoms with Crippen LogP contribution < -0.4 is 5.73 Å². The fourth-order valence-corrected chi connectivity index (χ4v) is 2.55. The standard InChI is InChI=1S/C13H23N3O2/c1-3-6-16-10-11(9-15-16)12(14)13(17-2)4-7-18-8-5-13/h9-10,12H,3-8,14H2,1-2H3. The van der Waals surface area contributed by atoms with Crippen LogP contribution in [0.5, 0.6) is 0 Å². The smallest absolute Gasteiger partial charge is 0.0915 e. The third kappa shape index (κ3) is 2.58. The van der Waals surface area contributed by atoms with Gasteiger partial charge in [-0.1, -0.05) is 6.92 Å². The first-order valence-electron chi connectivity index (χ1n) is 6.62. The van der Waals surface area contributed by atoms with Crippen LogP contribution in [0, 0.1) is 0 Å². The largest absolute Gasteiger partial charge is 0.381 e. The highest BCUT2D eigenvalue weighted by atomic mass is 16.5. The molecule has 0 aliphatic carbocycles. The molecule has 1 aromatic heterocycles. The summed E-state index contributed by atoms with van der Waals surface area (Å²) in [4.78, 5) is 0. The molecule has 2 rings (SSSR count). The van der Waals surface area contributed by atoms with E-state index in [0.717, 1.165) is 31.4 Å². The van der Waals surface area contributed by atoms with Gasteiger partial charge in [0.2, 0.25) is 0 Å². The van der Waals surface area contributed by atoms with E-state index in [1.807, 2.05) is 17.1 Å². The number of nitrogens with two attached hydrogens (primary N) is 1. The third-order valence-electron chi connectivity index (χ3n) is 3.78. The molecule has 1 aliphatic heterocycles. The molecule has 1 saturated heterocycles. The van der Waals surface area contributed by atoms with E-state index in [1.165, 1.54) is 0 Å². The summed E-state index contributed by atoms with van der Waals surface area (Å²) in [7, 11) is 1.74. The molecule has 1 aliphatic rings. The van der Waals surface area contributed by atoms with E-state index in [4.69, 9.17) is 15.2 Å². The molecule has 2 heterocycles. The molecule has 1 aromatic rings. The maximum absolute atomic E-state index is 6.39. The van der Waals surface area contributed by atoms with Crippen molar-refractivity contribution in [1.82, 2.24) is 9.78 Å². The van der Waals surface area contributed by atoms with Gasteiger partial charge in [0, 0.05) is 51.5 Å². The molecule has 5 heteroatoms. The minimum atomic E-state index is -0.307. The number of ether oxygens (including phenoxy) is 2. The lowest BCUT2D eigenvalue weighted by Gasteiger charge is -2.40. The van der Waals surface area contributed by atoms with Crippen LogP contribution in [0.4, 0.5) is 0 Å². The maximum atomic E-state index is 6.39. The van der Waals surface area contributed by atoms with Gasteiger partial charge in [0.15, 0.2) is 0 Å². The quantitative estimate of drug-likeness (QED) is 0.863. The van der Waals surface area contributed by atoms with Crippen LogP contribution in [0.25, 0.3) is 0 Å². The van der Waals surface area contributed by atoms with E-state index in [0.29, 0.717) is 13.2 Å². The van der Waals surface area contributed by atoms with E-state index >= 15 is 0 Å². The van der Waals surface area contributed by atoms with Crippen LogP contribution in [-0.2, 0) is 16.0 Å². The van der Waals surface area contributed by atoms with Gasteiger partial charge in [-0.05, 0) is 6.42 Å². The lowest BCUT2D eigenvalue weighted by atomic mass is 9.83. The Morgan fingerprint density at radius 1 is 1.56 bits per heavy atom. The van der Waals surface area contributed by atoms with Crippen LogP contribution in [0.15, 0.2) is 12.4 Å². The normalized spacial score (nSPS) is 20.8. The van der Waals surface area contributed by atoms with E-state index in [2.05, 4.69) is 12.0 Å². The lowest BCUT2D eigenvalue weighted by Crippen LogP contribution is -2.47. The first-order valence-corrected chi connectivity index (χ1v) is 6.62. The molecule has 0 bridgehead atoms. The lowest BCUT2D eigenvalue weighted by molar-refractivity contribution is -0.105. The monoisotopic (exact) mass is 253 g/mol.